The second kappa shape index (κ2) is 9.84. The highest BCUT2D eigenvalue weighted by molar-refractivity contribution is 5.86. The number of hydrogen-bond acceptors (Lipinski definition) is 7. The minimum Gasteiger partial charge on any atom is -0.486 e. The van der Waals surface area contributed by atoms with Crippen molar-refractivity contribution in [2.45, 2.75) is 37.7 Å². The molecule has 1 fully saturated rings. The molecular formula is C25H26F4N6O2. The Kier molecular flexibility index (Phi) is 6.73. The molecule has 5 rings (SSSR count). The van der Waals surface area contributed by atoms with Crippen LogP contribution in [0.5, 0.6) is 5.75 Å². The highest BCUT2D eigenvalue weighted by atomic mass is 19.4. The van der Waals surface area contributed by atoms with Gasteiger partial charge in [-0.1, -0.05) is 12.1 Å². The van der Waals surface area contributed by atoms with Gasteiger partial charge in [0, 0.05) is 43.9 Å². The number of rotatable bonds is 7. The Morgan fingerprint density at radius 3 is 2.68 bits per heavy atom. The van der Waals surface area contributed by atoms with Crippen LogP contribution >= 0.6 is 0 Å². The number of benzene rings is 1. The number of pyridine rings is 2. The predicted molar refractivity (Wildman–Crippen MR) is 129 cm³/mol. The Morgan fingerprint density at radius 2 is 1.97 bits per heavy atom. The molecule has 0 radical (unpaired) electrons. The zero-order valence-corrected chi connectivity index (χ0v) is 20.2. The Morgan fingerprint density at radius 1 is 1.16 bits per heavy atom. The van der Waals surface area contributed by atoms with E-state index in [1.54, 1.807) is 19.1 Å². The van der Waals surface area contributed by atoms with Gasteiger partial charge in [0.15, 0.2) is 11.5 Å². The molecule has 12 heteroatoms. The Bertz CT molecular complexity index is 1430. The van der Waals surface area contributed by atoms with Crippen LogP contribution in [0.1, 0.15) is 24.9 Å². The van der Waals surface area contributed by atoms with Crippen molar-refractivity contribution >= 4 is 16.6 Å². The van der Waals surface area contributed by atoms with Gasteiger partial charge in [0.25, 0.3) is 0 Å². The van der Waals surface area contributed by atoms with Crippen LogP contribution in [0.15, 0.2) is 42.6 Å². The highest BCUT2D eigenvalue weighted by Crippen LogP contribution is 2.39. The summed E-state index contributed by atoms with van der Waals surface area (Å²) in [5.41, 5.74) is 7.04. The topological polar surface area (TPSA) is 90.8 Å². The Labute approximate surface area is 210 Å². The predicted octanol–water partition coefficient (Wildman–Crippen LogP) is 4.13. The van der Waals surface area contributed by atoms with Gasteiger partial charge in [-0.3, -0.25) is 9.30 Å². The number of aromatic nitrogens is 4. The van der Waals surface area contributed by atoms with Crippen LogP contribution in [0.2, 0.25) is 0 Å². The SMILES string of the molecule is COC[C@@H](C)Oc1cc(F)cc2ccc(-c3nnc4ccc([C@@H](N5CC[C@H](N)C5)C(F)(F)F)cn34)nc12. The molecule has 0 aliphatic carbocycles. The molecule has 2 N–H and O–H groups in total. The van der Waals surface area contributed by atoms with Crippen LogP contribution in [0, 0.1) is 5.82 Å². The number of alkyl halides is 3. The van der Waals surface area contributed by atoms with Gasteiger partial charge >= 0.3 is 6.18 Å². The zero-order valence-electron chi connectivity index (χ0n) is 20.2. The lowest BCUT2D eigenvalue weighted by Gasteiger charge is -2.30. The summed E-state index contributed by atoms with van der Waals surface area (Å²) in [6.45, 7) is 2.48. The molecule has 8 nitrogen and oxygen atoms in total. The van der Waals surface area contributed by atoms with E-state index in [-0.39, 0.29) is 49.0 Å². The minimum atomic E-state index is -4.50. The maximum atomic E-state index is 14.2. The third-order valence-electron chi connectivity index (χ3n) is 6.35. The number of hydrogen-bond donors (Lipinski definition) is 1. The summed E-state index contributed by atoms with van der Waals surface area (Å²) >= 11 is 0. The number of halogens is 4. The van der Waals surface area contributed by atoms with Crippen LogP contribution in [-0.4, -0.2) is 69.6 Å². The number of methoxy groups -OCH3 is 1. The van der Waals surface area contributed by atoms with Crippen LogP contribution in [0.3, 0.4) is 0 Å². The molecular weight excluding hydrogens is 492 g/mol. The summed E-state index contributed by atoms with van der Waals surface area (Å²) in [6, 6.07) is 6.64. The lowest BCUT2D eigenvalue weighted by Crippen LogP contribution is -2.38. The molecule has 4 aromatic rings. The van der Waals surface area contributed by atoms with Gasteiger partial charge in [-0.05, 0) is 37.1 Å². The average molecular weight is 519 g/mol. The molecule has 3 atom stereocenters. The molecule has 0 saturated carbocycles. The summed E-state index contributed by atoms with van der Waals surface area (Å²) in [4.78, 5) is 5.98. The van der Waals surface area contributed by atoms with E-state index >= 15 is 0 Å². The summed E-state index contributed by atoms with van der Waals surface area (Å²) < 4.78 is 69.1. The van der Waals surface area contributed by atoms with E-state index in [2.05, 4.69) is 15.2 Å². The first-order valence-electron chi connectivity index (χ1n) is 11.8. The van der Waals surface area contributed by atoms with Crippen molar-refractivity contribution in [3.05, 3.63) is 54.0 Å². The fourth-order valence-corrected chi connectivity index (χ4v) is 4.77. The van der Waals surface area contributed by atoms with Gasteiger partial charge in [0.05, 0.1) is 6.61 Å². The summed E-state index contributed by atoms with van der Waals surface area (Å²) in [7, 11) is 1.53. The molecule has 1 saturated heterocycles. The van der Waals surface area contributed by atoms with Crippen molar-refractivity contribution in [3.8, 4) is 17.3 Å². The van der Waals surface area contributed by atoms with Gasteiger partial charge in [0.1, 0.15) is 34.9 Å². The second-order valence-electron chi connectivity index (χ2n) is 9.26. The summed E-state index contributed by atoms with van der Waals surface area (Å²) in [5, 5.41) is 8.79. The maximum absolute atomic E-state index is 14.2. The second-order valence-corrected chi connectivity index (χ2v) is 9.26. The third-order valence-corrected chi connectivity index (χ3v) is 6.35. The van der Waals surface area contributed by atoms with Gasteiger partial charge in [-0.25, -0.2) is 9.37 Å². The largest absolute Gasteiger partial charge is 0.486 e. The van der Waals surface area contributed by atoms with E-state index in [0.29, 0.717) is 28.7 Å². The first-order valence-corrected chi connectivity index (χ1v) is 11.8. The molecule has 0 bridgehead atoms. The third kappa shape index (κ3) is 5.09. The molecule has 1 aliphatic rings. The van der Waals surface area contributed by atoms with Gasteiger partial charge in [-0.15, -0.1) is 10.2 Å². The fourth-order valence-electron chi connectivity index (χ4n) is 4.77. The van der Waals surface area contributed by atoms with Crippen LogP contribution in [0.4, 0.5) is 17.6 Å². The molecule has 3 aromatic heterocycles. The Hall–Kier alpha value is -3.35. The van der Waals surface area contributed by atoms with E-state index in [4.69, 9.17) is 15.2 Å². The van der Waals surface area contributed by atoms with Gasteiger partial charge < -0.3 is 15.2 Å². The number of nitrogens with zero attached hydrogens (tertiary/aromatic N) is 5. The Balaban J connectivity index is 1.58. The standard InChI is InChI=1S/C25H26F4N6O2/c1-14(13-36-2)37-20-10-17(26)9-15-3-5-19(31-22(15)20)24-33-32-21-6-4-16(11-35(21)24)23(25(27,28)29)34-8-7-18(30)12-34/h3-6,9-11,14,18,23H,7-8,12-13,30H2,1-2H3/t14-,18+,23-/m1/s1. The molecule has 37 heavy (non-hydrogen) atoms. The molecule has 1 aromatic carbocycles. The van der Waals surface area contributed by atoms with Crippen molar-refractivity contribution in [2.75, 3.05) is 26.8 Å². The minimum absolute atomic E-state index is 0.0513. The van der Waals surface area contributed by atoms with Crippen molar-refractivity contribution < 1.29 is 27.0 Å². The van der Waals surface area contributed by atoms with Crippen LogP contribution < -0.4 is 10.5 Å². The smallest absolute Gasteiger partial charge is 0.408 e. The monoisotopic (exact) mass is 518 g/mol. The molecule has 196 valence electrons. The van der Waals surface area contributed by atoms with Gasteiger partial charge in [0.2, 0.25) is 0 Å². The molecule has 0 amide bonds. The molecule has 0 unspecified atom stereocenters. The van der Waals surface area contributed by atoms with Gasteiger partial charge in [-0.2, -0.15) is 13.2 Å². The van der Waals surface area contributed by atoms with Crippen molar-refractivity contribution in [2.24, 2.45) is 5.73 Å². The fraction of sp³-hybridized carbons (Fsp3) is 0.400. The molecule has 0 spiro atoms. The highest BCUT2D eigenvalue weighted by Gasteiger charge is 2.46. The number of fused-ring (bicyclic) bond motifs is 2. The average Bonchev–Trinajstić information content (AvgIpc) is 3.44. The number of nitrogens with two attached hydrogens (primary N) is 1. The van der Waals surface area contributed by atoms with E-state index in [1.807, 2.05) is 0 Å². The lowest BCUT2D eigenvalue weighted by atomic mass is 10.1. The van der Waals surface area contributed by atoms with Crippen molar-refractivity contribution in [1.82, 2.24) is 24.5 Å². The van der Waals surface area contributed by atoms with Crippen LogP contribution in [-0.2, 0) is 4.74 Å². The lowest BCUT2D eigenvalue weighted by molar-refractivity contribution is -0.183. The summed E-state index contributed by atoms with van der Waals surface area (Å²) in [6.07, 6.45) is -2.97. The van der Waals surface area contributed by atoms with Crippen LogP contribution in [0.25, 0.3) is 28.1 Å². The normalized spacial score (nSPS) is 18.5. The maximum Gasteiger partial charge on any atom is 0.408 e. The van der Waals surface area contributed by atoms with E-state index in [9.17, 15) is 17.6 Å². The number of ether oxygens (including phenoxy) is 2. The van der Waals surface area contributed by atoms with E-state index < -0.39 is 18.0 Å². The quantitative estimate of drug-likeness (QED) is 0.368. The van der Waals surface area contributed by atoms with Crippen molar-refractivity contribution in [3.63, 3.8) is 0 Å². The first kappa shape index (κ1) is 25.3. The number of likely N-dealkylation sites (tertiary alicyclic amines) is 1. The molecule has 1 aliphatic heterocycles. The van der Waals surface area contributed by atoms with E-state index in [0.717, 1.165) is 0 Å². The van der Waals surface area contributed by atoms with Crippen molar-refractivity contribution in [1.29, 1.82) is 0 Å². The summed E-state index contributed by atoms with van der Waals surface area (Å²) in [5.74, 6) is -0.0181. The van der Waals surface area contributed by atoms with E-state index in [1.165, 1.54) is 46.9 Å². The zero-order chi connectivity index (χ0) is 26.3. The first-order chi connectivity index (χ1) is 17.6. The molecule has 4 heterocycles.